The molecule has 1 aromatic rings. The largest absolute Gasteiger partial charge is 0.397 e. The molecule has 1 aliphatic rings. The lowest BCUT2D eigenvalue weighted by Crippen LogP contribution is -2.30. The number of sulfone groups is 1. The van der Waals surface area contributed by atoms with Gasteiger partial charge in [-0.1, -0.05) is 6.07 Å². The average Bonchev–Trinajstić information content (AvgIpc) is 2.50. The van der Waals surface area contributed by atoms with Gasteiger partial charge in [0.25, 0.3) is 5.91 Å². The van der Waals surface area contributed by atoms with E-state index in [-0.39, 0.29) is 11.5 Å². The Balaban J connectivity index is 2.39. The maximum Gasteiger partial charge on any atom is 0.250 e. The number of nitrogens with two attached hydrogens (primary N) is 2. The molecule has 1 fully saturated rings. The van der Waals surface area contributed by atoms with Gasteiger partial charge in [0.05, 0.1) is 28.4 Å². The number of carbonyl (C=O) groups is 1. The van der Waals surface area contributed by atoms with Gasteiger partial charge in [0.2, 0.25) is 0 Å². The number of hydrogen-bond acceptors (Lipinski definition) is 5. The van der Waals surface area contributed by atoms with Crippen molar-refractivity contribution >= 4 is 27.1 Å². The van der Waals surface area contributed by atoms with Gasteiger partial charge < -0.3 is 16.4 Å². The number of hydrogen-bond donors (Lipinski definition) is 2. The van der Waals surface area contributed by atoms with Crippen molar-refractivity contribution in [2.24, 2.45) is 5.73 Å². The zero-order valence-electron chi connectivity index (χ0n) is 10.5. The third-order valence-corrected chi connectivity index (χ3v) is 4.92. The molecule has 0 aromatic heterocycles. The zero-order chi connectivity index (χ0) is 14.0. The summed E-state index contributed by atoms with van der Waals surface area (Å²) in [7, 11) is -3.00. The summed E-state index contributed by atoms with van der Waals surface area (Å²) in [6.45, 7) is 0.880. The maximum atomic E-state index is 11.6. The van der Waals surface area contributed by atoms with Crippen molar-refractivity contribution < 1.29 is 13.2 Å². The van der Waals surface area contributed by atoms with E-state index >= 15 is 0 Å². The number of nitrogens with zero attached hydrogens (tertiary/aromatic N) is 1. The lowest BCUT2D eigenvalue weighted by Gasteiger charge is -2.25. The molecule has 1 saturated heterocycles. The Kier molecular flexibility index (Phi) is 3.66. The molecule has 0 unspecified atom stereocenters. The first-order valence-corrected chi connectivity index (χ1v) is 7.86. The quantitative estimate of drug-likeness (QED) is 0.743. The number of nitrogen functional groups attached to an aromatic ring is 1. The molecule has 4 N–H and O–H groups in total. The lowest BCUT2D eigenvalue weighted by atomic mass is 10.1. The molecule has 0 spiro atoms. The second-order valence-electron chi connectivity index (χ2n) is 4.60. The molecule has 1 aromatic carbocycles. The molecule has 7 heteroatoms. The average molecular weight is 283 g/mol. The van der Waals surface area contributed by atoms with E-state index in [1.54, 1.807) is 18.2 Å². The molecule has 2 rings (SSSR count). The molecule has 19 heavy (non-hydrogen) atoms. The predicted molar refractivity (Wildman–Crippen MR) is 74.9 cm³/mol. The van der Waals surface area contributed by atoms with Crippen molar-refractivity contribution in [3.05, 3.63) is 23.8 Å². The number of amides is 1. The summed E-state index contributed by atoms with van der Waals surface area (Å²) in [4.78, 5) is 13.3. The number of para-hydroxylation sites is 1. The Hall–Kier alpha value is -1.76. The molecule has 0 aliphatic carbocycles. The molecule has 104 valence electrons. The first-order chi connectivity index (χ1) is 8.91. The van der Waals surface area contributed by atoms with Crippen LogP contribution in [0.1, 0.15) is 16.8 Å². The highest BCUT2D eigenvalue weighted by molar-refractivity contribution is 7.91. The molecule has 1 aliphatic heterocycles. The van der Waals surface area contributed by atoms with Crippen LogP contribution in [0.2, 0.25) is 0 Å². The summed E-state index contributed by atoms with van der Waals surface area (Å²) in [6.07, 6.45) is 0.523. The Labute approximate surface area is 112 Å². The SMILES string of the molecule is NC(=O)c1cccc(N)c1N1CCCS(=O)(=O)CC1. The van der Waals surface area contributed by atoms with E-state index in [0.717, 1.165) is 0 Å². The molecular weight excluding hydrogens is 266 g/mol. The van der Waals surface area contributed by atoms with Crippen LogP contribution in [0, 0.1) is 0 Å². The van der Waals surface area contributed by atoms with Crippen LogP contribution >= 0.6 is 0 Å². The van der Waals surface area contributed by atoms with Gasteiger partial charge in [-0.15, -0.1) is 0 Å². The van der Waals surface area contributed by atoms with E-state index in [0.29, 0.717) is 36.4 Å². The topological polar surface area (TPSA) is 106 Å². The standard InChI is InChI=1S/C12H17N3O3S/c13-10-4-1-3-9(12(14)16)11(10)15-5-2-7-19(17,18)8-6-15/h1,3-4H,2,5-8,13H2,(H2,14,16). The lowest BCUT2D eigenvalue weighted by molar-refractivity contribution is 0.100. The van der Waals surface area contributed by atoms with E-state index in [1.807, 2.05) is 4.90 Å². The third kappa shape index (κ3) is 2.98. The van der Waals surface area contributed by atoms with Gasteiger partial charge in [-0.2, -0.15) is 0 Å². The predicted octanol–water partition coefficient (Wildman–Crippen LogP) is -0.00740. The monoisotopic (exact) mass is 283 g/mol. The molecule has 1 heterocycles. The van der Waals surface area contributed by atoms with Crippen molar-refractivity contribution in [2.45, 2.75) is 6.42 Å². The minimum absolute atomic E-state index is 0.0690. The van der Waals surface area contributed by atoms with E-state index in [2.05, 4.69) is 0 Å². The summed E-state index contributed by atoms with van der Waals surface area (Å²) in [5.41, 5.74) is 12.6. The first-order valence-electron chi connectivity index (χ1n) is 6.04. The number of anilines is 2. The second kappa shape index (κ2) is 5.08. The summed E-state index contributed by atoms with van der Waals surface area (Å²) in [5, 5.41) is 0. The van der Waals surface area contributed by atoms with E-state index < -0.39 is 15.7 Å². The minimum atomic E-state index is -3.00. The van der Waals surface area contributed by atoms with Crippen LogP contribution in [0.25, 0.3) is 0 Å². The Morgan fingerprint density at radius 1 is 1.21 bits per heavy atom. The molecule has 6 nitrogen and oxygen atoms in total. The van der Waals surface area contributed by atoms with Crippen molar-refractivity contribution in [2.75, 3.05) is 35.2 Å². The fourth-order valence-electron chi connectivity index (χ4n) is 2.28. The Morgan fingerprint density at radius 2 is 1.95 bits per heavy atom. The molecular formula is C12H17N3O3S. The highest BCUT2D eigenvalue weighted by Gasteiger charge is 2.23. The summed E-state index contributed by atoms with van der Waals surface area (Å²) >= 11 is 0. The molecule has 1 amide bonds. The normalized spacial score (nSPS) is 18.8. The van der Waals surface area contributed by atoms with Crippen LogP contribution in [0.15, 0.2) is 18.2 Å². The van der Waals surface area contributed by atoms with Crippen molar-refractivity contribution in [1.29, 1.82) is 0 Å². The van der Waals surface area contributed by atoms with Crippen molar-refractivity contribution in [3.63, 3.8) is 0 Å². The summed E-state index contributed by atoms with van der Waals surface area (Å²) in [6, 6.07) is 4.95. The number of carbonyl (C=O) groups excluding carboxylic acids is 1. The molecule has 0 atom stereocenters. The number of primary amides is 1. The number of rotatable bonds is 2. The highest BCUT2D eigenvalue weighted by Crippen LogP contribution is 2.28. The highest BCUT2D eigenvalue weighted by atomic mass is 32.2. The second-order valence-corrected chi connectivity index (χ2v) is 6.90. The van der Waals surface area contributed by atoms with Crippen LogP contribution in [-0.4, -0.2) is 38.9 Å². The summed E-state index contributed by atoms with van der Waals surface area (Å²) in [5.74, 6) is -0.323. The van der Waals surface area contributed by atoms with Crippen molar-refractivity contribution in [1.82, 2.24) is 0 Å². The summed E-state index contributed by atoms with van der Waals surface area (Å²) < 4.78 is 23.2. The van der Waals surface area contributed by atoms with E-state index in [4.69, 9.17) is 11.5 Å². The van der Waals surface area contributed by atoms with Crippen LogP contribution in [-0.2, 0) is 9.84 Å². The number of benzene rings is 1. The van der Waals surface area contributed by atoms with Gasteiger partial charge in [0, 0.05) is 13.1 Å². The van der Waals surface area contributed by atoms with Gasteiger partial charge in [-0.25, -0.2) is 8.42 Å². The fourth-order valence-corrected chi connectivity index (χ4v) is 3.55. The Morgan fingerprint density at radius 3 is 2.63 bits per heavy atom. The zero-order valence-corrected chi connectivity index (χ0v) is 11.3. The van der Waals surface area contributed by atoms with Gasteiger partial charge in [-0.3, -0.25) is 4.79 Å². The third-order valence-electron chi connectivity index (χ3n) is 3.20. The van der Waals surface area contributed by atoms with Gasteiger partial charge in [0.15, 0.2) is 9.84 Å². The first kappa shape index (κ1) is 13.7. The van der Waals surface area contributed by atoms with Crippen LogP contribution < -0.4 is 16.4 Å². The maximum absolute atomic E-state index is 11.6. The smallest absolute Gasteiger partial charge is 0.250 e. The molecule has 0 radical (unpaired) electrons. The fraction of sp³-hybridized carbons (Fsp3) is 0.417. The van der Waals surface area contributed by atoms with Gasteiger partial charge >= 0.3 is 0 Å². The van der Waals surface area contributed by atoms with Crippen molar-refractivity contribution in [3.8, 4) is 0 Å². The molecule has 0 saturated carbocycles. The molecule has 0 bridgehead atoms. The van der Waals surface area contributed by atoms with Crippen LogP contribution in [0.5, 0.6) is 0 Å². The van der Waals surface area contributed by atoms with Gasteiger partial charge in [0.1, 0.15) is 0 Å². The minimum Gasteiger partial charge on any atom is -0.397 e. The van der Waals surface area contributed by atoms with E-state index in [1.165, 1.54) is 0 Å². The van der Waals surface area contributed by atoms with E-state index in [9.17, 15) is 13.2 Å². The van der Waals surface area contributed by atoms with Crippen LogP contribution in [0.4, 0.5) is 11.4 Å². The van der Waals surface area contributed by atoms with Gasteiger partial charge in [-0.05, 0) is 18.6 Å². The van der Waals surface area contributed by atoms with Crippen LogP contribution in [0.3, 0.4) is 0 Å². The Bertz CT molecular complexity index is 598.